The maximum absolute atomic E-state index is 12.2. The predicted molar refractivity (Wildman–Crippen MR) is 87.7 cm³/mol. The average molecular weight is 319 g/mol. The third-order valence-electron chi connectivity index (χ3n) is 3.63. The fraction of sp³-hybridized carbons (Fsp3) is 0.250. The van der Waals surface area contributed by atoms with Crippen LogP contribution in [0.2, 0.25) is 0 Å². The first-order chi connectivity index (χ1) is 10.1. The molecule has 21 heavy (non-hydrogen) atoms. The van der Waals surface area contributed by atoms with Gasteiger partial charge in [0, 0.05) is 10.6 Å². The Hall–Kier alpha value is -1.46. The van der Waals surface area contributed by atoms with Crippen LogP contribution in [0.3, 0.4) is 0 Å². The number of hydrogen-bond donors (Lipinski definition) is 1. The highest BCUT2D eigenvalue weighted by Crippen LogP contribution is 2.40. The van der Waals surface area contributed by atoms with Crippen LogP contribution in [0, 0.1) is 0 Å². The normalized spacial score (nSPS) is 17.5. The molecule has 0 aromatic heterocycles. The Balaban J connectivity index is 1.94. The average Bonchev–Trinajstić information content (AvgIpc) is 2.91. The van der Waals surface area contributed by atoms with Gasteiger partial charge in [0.2, 0.25) is 0 Å². The van der Waals surface area contributed by atoms with Crippen molar-refractivity contribution in [2.75, 3.05) is 16.8 Å². The monoisotopic (exact) mass is 319 g/mol. The van der Waals surface area contributed by atoms with Crippen molar-refractivity contribution in [3.8, 4) is 0 Å². The second kappa shape index (κ2) is 5.73. The lowest BCUT2D eigenvalue weighted by Crippen LogP contribution is -2.14. The van der Waals surface area contributed by atoms with E-state index in [1.54, 1.807) is 30.8 Å². The lowest BCUT2D eigenvalue weighted by Gasteiger charge is -2.17. The Bertz CT molecular complexity index is 756. The van der Waals surface area contributed by atoms with Crippen LogP contribution in [-0.2, 0) is 9.84 Å². The van der Waals surface area contributed by atoms with E-state index < -0.39 is 9.84 Å². The summed E-state index contributed by atoms with van der Waals surface area (Å²) >= 11 is 1.80. The van der Waals surface area contributed by atoms with Gasteiger partial charge in [-0.3, -0.25) is 0 Å². The summed E-state index contributed by atoms with van der Waals surface area (Å²) in [6.07, 6.45) is 0. The Morgan fingerprint density at radius 1 is 1.14 bits per heavy atom. The summed E-state index contributed by atoms with van der Waals surface area (Å²) in [5.41, 5.74) is 1.94. The summed E-state index contributed by atoms with van der Waals surface area (Å²) in [4.78, 5) is 1.66. The van der Waals surface area contributed by atoms with Gasteiger partial charge in [-0.2, -0.15) is 0 Å². The molecule has 1 atom stereocenters. The number of thioether (sulfide) groups is 1. The van der Waals surface area contributed by atoms with Crippen LogP contribution in [0.4, 0.5) is 5.69 Å². The van der Waals surface area contributed by atoms with Crippen LogP contribution in [-0.4, -0.2) is 19.9 Å². The van der Waals surface area contributed by atoms with Gasteiger partial charge in [0.15, 0.2) is 9.84 Å². The number of fused-ring (bicyclic) bond motifs is 1. The Morgan fingerprint density at radius 2 is 1.86 bits per heavy atom. The summed E-state index contributed by atoms with van der Waals surface area (Å²) in [6.45, 7) is 1.67. The molecule has 0 spiro atoms. The zero-order chi connectivity index (χ0) is 14.9. The molecule has 1 N–H and O–H groups in total. The van der Waals surface area contributed by atoms with Crippen molar-refractivity contribution in [3.63, 3.8) is 0 Å². The third-order valence-corrected chi connectivity index (χ3v) is 6.60. The van der Waals surface area contributed by atoms with Crippen molar-refractivity contribution in [2.24, 2.45) is 0 Å². The molecule has 0 saturated heterocycles. The molecule has 0 radical (unpaired) electrons. The van der Waals surface area contributed by atoms with Crippen LogP contribution in [0.5, 0.6) is 0 Å². The largest absolute Gasteiger partial charge is 0.376 e. The highest BCUT2D eigenvalue weighted by molar-refractivity contribution is 7.99. The van der Waals surface area contributed by atoms with Crippen molar-refractivity contribution in [1.29, 1.82) is 0 Å². The van der Waals surface area contributed by atoms with Crippen LogP contribution < -0.4 is 5.32 Å². The van der Waals surface area contributed by atoms with Gasteiger partial charge in [-0.1, -0.05) is 37.3 Å². The molecule has 3 nitrogen and oxygen atoms in total. The van der Waals surface area contributed by atoms with Gasteiger partial charge in [-0.05, 0) is 23.8 Å². The molecule has 5 heteroatoms. The van der Waals surface area contributed by atoms with Crippen LogP contribution in [0.15, 0.2) is 58.3 Å². The Morgan fingerprint density at radius 3 is 2.67 bits per heavy atom. The number of hydrogen-bond acceptors (Lipinski definition) is 4. The van der Waals surface area contributed by atoms with Crippen LogP contribution in [0.25, 0.3) is 0 Å². The van der Waals surface area contributed by atoms with Gasteiger partial charge in [0.05, 0.1) is 22.4 Å². The fourth-order valence-electron chi connectivity index (χ4n) is 2.48. The van der Waals surface area contributed by atoms with E-state index in [-0.39, 0.29) is 11.8 Å². The zero-order valence-electron chi connectivity index (χ0n) is 11.7. The first kappa shape index (κ1) is 14.5. The Labute approximate surface area is 129 Å². The van der Waals surface area contributed by atoms with E-state index in [1.165, 1.54) is 10.5 Å². The lowest BCUT2D eigenvalue weighted by molar-refractivity contribution is 0.597. The van der Waals surface area contributed by atoms with Gasteiger partial charge in [0.1, 0.15) is 0 Å². The second-order valence-electron chi connectivity index (χ2n) is 4.95. The first-order valence-corrected chi connectivity index (χ1v) is 9.55. The molecule has 0 saturated carbocycles. The van der Waals surface area contributed by atoms with Crippen molar-refractivity contribution in [1.82, 2.24) is 0 Å². The molecule has 0 aliphatic carbocycles. The summed E-state index contributed by atoms with van der Waals surface area (Å²) in [5, 5.41) is 3.41. The number of sulfone groups is 1. The summed E-state index contributed by atoms with van der Waals surface area (Å²) in [5.74, 6) is 1.03. The molecule has 110 valence electrons. The molecule has 2 aromatic carbocycles. The summed E-state index contributed by atoms with van der Waals surface area (Å²) in [6, 6.07) is 15.6. The summed E-state index contributed by atoms with van der Waals surface area (Å²) < 4.78 is 24.4. The maximum atomic E-state index is 12.2. The number of rotatable bonds is 4. The molecule has 1 unspecified atom stereocenters. The molecule has 1 heterocycles. The van der Waals surface area contributed by atoms with Gasteiger partial charge in [0.25, 0.3) is 0 Å². The van der Waals surface area contributed by atoms with E-state index in [0.29, 0.717) is 10.6 Å². The van der Waals surface area contributed by atoms with E-state index >= 15 is 0 Å². The van der Waals surface area contributed by atoms with Gasteiger partial charge in [-0.25, -0.2) is 8.42 Å². The quantitative estimate of drug-likeness (QED) is 0.932. The zero-order valence-corrected chi connectivity index (χ0v) is 13.4. The first-order valence-electron chi connectivity index (χ1n) is 6.92. The van der Waals surface area contributed by atoms with Crippen molar-refractivity contribution < 1.29 is 8.42 Å². The topological polar surface area (TPSA) is 46.2 Å². The fourth-order valence-corrected chi connectivity index (χ4v) is 4.70. The number of nitrogens with one attached hydrogen (secondary N) is 1. The van der Waals surface area contributed by atoms with Crippen molar-refractivity contribution in [3.05, 3.63) is 54.1 Å². The standard InChI is InChI=1S/C16H17NO2S2/c1-2-21(18,19)16-10-6-4-8-13(16)17-14-11-20-15-9-5-3-7-12(14)15/h3-10,14,17H,2,11H2,1H3. The van der Waals surface area contributed by atoms with E-state index in [4.69, 9.17) is 0 Å². The SMILES string of the molecule is CCS(=O)(=O)c1ccccc1NC1CSc2ccccc21. The molecule has 0 fully saturated rings. The molecular weight excluding hydrogens is 302 g/mol. The number of anilines is 1. The molecule has 1 aliphatic heterocycles. The predicted octanol–water partition coefficient (Wildman–Crippen LogP) is 3.74. The molecule has 2 aromatic rings. The molecule has 0 amide bonds. The van der Waals surface area contributed by atoms with Crippen LogP contribution in [0.1, 0.15) is 18.5 Å². The Kier molecular flexibility index (Phi) is 3.95. The number of para-hydroxylation sites is 1. The highest BCUT2D eigenvalue weighted by atomic mass is 32.2. The van der Waals surface area contributed by atoms with Crippen molar-refractivity contribution in [2.45, 2.75) is 22.8 Å². The van der Waals surface area contributed by atoms with E-state index in [0.717, 1.165) is 5.75 Å². The van der Waals surface area contributed by atoms with E-state index in [2.05, 4.69) is 17.4 Å². The minimum absolute atomic E-state index is 0.113. The second-order valence-corrected chi connectivity index (χ2v) is 8.25. The van der Waals surface area contributed by atoms with Gasteiger partial charge >= 0.3 is 0 Å². The van der Waals surface area contributed by atoms with Crippen molar-refractivity contribution >= 4 is 27.3 Å². The molecule has 3 rings (SSSR count). The summed E-state index contributed by atoms with van der Waals surface area (Å²) in [7, 11) is -3.22. The third kappa shape index (κ3) is 2.80. The number of benzene rings is 2. The molecule has 1 aliphatic rings. The van der Waals surface area contributed by atoms with E-state index in [1.807, 2.05) is 24.3 Å². The van der Waals surface area contributed by atoms with Gasteiger partial charge in [-0.15, -0.1) is 11.8 Å². The molecular formula is C16H17NO2S2. The van der Waals surface area contributed by atoms with Crippen LogP contribution >= 0.6 is 11.8 Å². The highest BCUT2D eigenvalue weighted by Gasteiger charge is 2.24. The molecule has 0 bridgehead atoms. The maximum Gasteiger partial charge on any atom is 0.180 e. The van der Waals surface area contributed by atoms with Gasteiger partial charge < -0.3 is 5.32 Å². The van der Waals surface area contributed by atoms with E-state index in [9.17, 15) is 8.42 Å². The minimum Gasteiger partial charge on any atom is -0.376 e. The minimum atomic E-state index is -3.22. The lowest BCUT2D eigenvalue weighted by atomic mass is 10.1. The smallest absolute Gasteiger partial charge is 0.180 e.